The Balaban J connectivity index is 1.79. The molecule has 1 unspecified atom stereocenters. The van der Waals surface area contributed by atoms with Gasteiger partial charge in [-0.25, -0.2) is 0 Å². The molecule has 2 heterocycles. The van der Waals surface area contributed by atoms with Gasteiger partial charge in [-0.15, -0.1) is 0 Å². The van der Waals surface area contributed by atoms with Crippen LogP contribution < -0.4 is 0 Å². The molecule has 0 spiro atoms. The van der Waals surface area contributed by atoms with Gasteiger partial charge < -0.3 is 14.4 Å². The fourth-order valence-electron chi connectivity index (χ4n) is 4.21. The molecule has 0 bridgehead atoms. The zero-order valence-corrected chi connectivity index (χ0v) is 15.4. The van der Waals surface area contributed by atoms with Gasteiger partial charge in [-0.2, -0.15) is 0 Å². The van der Waals surface area contributed by atoms with Crippen molar-refractivity contribution in [3.63, 3.8) is 0 Å². The molecule has 2 saturated heterocycles. The van der Waals surface area contributed by atoms with Crippen LogP contribution in [0.3, 0.4) is 0 Å². The average molecular weight is 338 g/mol. The predicted molar refractivity (Wildman–Crippen MR) is 97.8 cm³/mol. The van der Waals surface area contributed by atoms with Crippen LogP contribution in [-0.2, 0) is 9.47 Å². The fraction of sp³-hybridized carbons (Fsp3) is 0.947. The summed E-state index contributed by atoms with van der Waals surface area (Å²) < 4.78 is 11.2. The van der Waals surface area contributed by atoms with Crippen molar-refractivity contribution in [1.29, 1.82) is 0 Å². The zero-order valence-electron chi connectivity index (χ0n) is 15.4. The topological polar surface area (TPSA) is 37.3 Å². The molecule has 0 radical (unpaired) electrons. The van der Waals surface area contributed by atoms with Gasteiger partial charge in [0.2, 0.25) is 0 Å². The summed E-state index contributed by atoms with van der Waals surface area (Å²) in [5.41, 5.74) is 0. The molecule has 1 atom stereocenters. The lowest BCUT2D eigenvalue weighted by Gasteiger charge is -2.41. The van der Waals surface area contributed by atoms with Gasteiger partial charge in [-0.05, 0) is 19.3 Å². The van der Waals surface area contributed by atoms with E-state index in [1.807, 2.05) is 0 Å². The minimum Gasteiger partial charge on any atom is -0.379 e. The third-order valence-electron chi connectivity index (χ3n) is 5.57. The highest BCUT2D eigenvalue weighted by Crippen LogP contribution is 2.23. The summed E-state index contributed by atoms with van der Waals surface area (Å²) in [4.78, 5) is 10.5. The first-order chi connectivity index (χ1) is 11.9. The maximum atomic E-state index is 5.59. The van der Waals surface area contributed by atoms with Crippen molar-refractivity contribution in [3.05, 3.63) is 0 Å². The van der Waals surface area contributed by atoms with E-state index in [4.69, 9.17) is 14.5 Å². The largest absolute Gasteiger partial charge is 0.379 e. The van der Waals surface area contributed by atoms with Crippen LogP contribution in [0.1, 0.15) is 51.9 Å². The van der Waals surface area contributed by atoms with Crippen molar-refractivity contribution in [2.24, 2.45) is 4.99 Å². The summed E-state index contributed by atoms with van der Waals surface area (Å²) in [7, 11) is 0. The first-order valence-corrected chi connectivity index (χ1v) is 10.1. The second kappa shape index (κ2) is 9.73. The molecule has 3 fully saturated rings. The summed E-state index contributed by atoms with van der Waals surface area (Å²) in [5.74, 6) is 1.36. The van der Waals surface area contributed by atoms with Gasteiger partial charge >= 0.3 is 0 Å². The molecule has 2 aliphatic heterocycles. The highest BCUT2D eigenvalue weighted by Gasteiger charge is 2.30. The molecule has 0 aromatic rings. The Bertz CT molecular complexity index is 384. The quantitative estimate of drug-likeness (QED) is 0.571. The van der Waals surface area contributed by atoms with Crippen molar-refractivity contribution in [2.45, 2.75) is 64.0 Å². The molecule has 3 rings (SSSR count). The number of rotatable bonds is 5. The Hall–Kier alpha value is -0.650. The third-order valence-corrected chi connectivity index (χ3v) is 5.57. The maximum Gasteiger partial charge on any atom is 0.117 e. The molecular formula is C19H35N3O2. The third kappa shape index (κ3) is 4.93. The number of aliphatic imine (C=N–C) groups is 1. The van der Waals surface area contributed by atoms with Crippen LogP contribution in [0.25, 0.3) is 0 Å². The lowest BCUT2D eigenvalue weighted by molar-refractivity contribution is 0.0214. The van der Waals surface area contributed by atoms with Gasteiger partial charge in [0.15, 0.2) is 0 Å². The molecule has 3 aliphatic rings. The molecule has 138 valence electrons. The minimum absolute atomic E-state index is 0.457. The van der Waals surface area contributed by atoms with E-state index in [2.05, 4.69) is 16.7 Å². The second-order valence-corrected chi connectivity index (χ2v) is 7.33. The van der Waals surface area contributed by atoms with Crippen LogP contribution >= 0.6 is 0 Å². The Kier molecular flexibility index (Phi) is 7.36. The molecule has 0 N–H and O–H groups in total. The van der Waals surface area contributed by atoms with E-state index in [0.29, 0.717) is 12.1 Å². The number of amidine groups is 1. The summed E-state index contributed by atoms with van der Waals surface area (Å²) in [6.07, 6.45) is 9.03. The Morgan fingerprint density at radius 1 is 0.958 bits per heavy atom. The lowest BCUT2D eigenvalue weighted by Crippen LogP contribution is -2.54. The zero-order chi connectivity index (χ0) is 16.6. The van der Waals surface area contributed by atoms with Crippen molar-refractivity contribution in [1.82, 2.24) is 9.80 Å². The van der Waals surface area contributed by atoms with Crippen molar-refractivity contribution in [2.75, 3.05) is 52.6 Å². The van der Waals surface area contributed by atoms with Crippen LogP contribution in [-0.4, -0.2) is 80.3 Å². The first kappa shape index (κ1) is 18.2. The molecule has 1 aliphatic carbocycles. The molecule has 1 saturated carbocycles. The van der Waals surface area contributed by atoms with Gasteiger partial charge in [-0.3, -0.25) is 9.89 Å². The summed E-state index contributed by atoms with van der Waals surface area (Å²) in [6, 6.07) is 0.996. The first-order valence-electron chi connectivity index (χ1n) is 10.1. The van der Waals surface area contributed by atoms with Crippen molar-refractivity contribution < 1.29 is 9.47 Å². The standard InChI is InChI=1S/C19H35N3O2/c1-2-6-18(21-9-13-23-14-10-21)19(22-11-15-24-16-12-22)20-17-7-4-3-5-8-17/h17-18H,2-16H2,1H3. The molecule has 0 aromatic heterocycles. The van der Waals surface area contributed by atoms with Crippen LogP contribution in [0.2, 0.25) is 0 Å². The van der Waals surface area contributed by atoms with Crippen molar-refractivity contribution in [3.8, 4) is 0 Å². The lowest BCUT2D eigenvalue weighted by atomic mass is 9.95. The van der Waals surface area contributed by atoms with Gasteiger partial charge in [0.25, 0.3) is 0 Å². The smallest absolute Gasteiger partial charge is 0.117 e. The van der Waals surface area contributed by atoms with E-state index >= 15 is 0 Å². The van der Waals surface area contributed by atoms with E-state index in [1.54, 1.807) is 0 Å². The van der Waals surface area contributed by atoms with Gasteiger partial charge in [0.1, 0.15) is 5.84 Å². The maximum absolute atomic E-state index is 5.59. The molecule has 0 amide bonds. The number of morpholine rings is 2. The normalized spacial score (nSPS) is 26.5. The number of ether oxygens (including phenoxy) is 2. The number of hydrogen-bond acceptors (Lipinski definition) is 4. The highest BCUT2D eigenvalue weighted by atomic mass is 16.5. The molecule has 5 heteroatoms. The van der Waals surface area contributed by atoms with E-state index in [9.17, 15) is 0 Å². The van der Waals surface area contributed by atoms with E-state index < -0.39 is 0 Å². The predicted octanol–water partition coefficient (Wildman–Crippen LogP) is 2.55. The summed E-state index contributed by atoms with van der Waals surface area (Å²) >= 11 is 0. The molecule has 24 heavy (non-hydrogen) atoms. The van der Waals surface area contributed by atoms with Crippen molar-refractivity contribution >= 4 is 5.84 Å². The van der Waals surface area contributed by atoms with Gasteiger partial charge in [-0.1, -0.05) is 32.6 Å². The van der Waals surface area contributed by atoms with E-state index in [0.717, 1.165) is 52.6 Å². The number of nitrogens with zero attached hydrogens (tertiary/aromatic N) is 3. The highest BCUT2D eigenvalue weighted by molar-refractivity contribution is 5.88. The fourth-order valence-corrected chi connectivity index (χ4v) is 4.21. The van der Waals surface area contributed by atoms with Crippen LogP contribution in [0, 0.1) is 0 Å². The molecule has 5 nitrogen and oxygen atoms in total. The molecular weight excluding hydrogens is 302 g/mol. The monoisotopic (exact) mass is 337 g/mol. The van der Waals surface area contributed by atoms with Crippen LogP contribution in [0.5, 0.6) is 0 Å². The number of hydrogen-bond donors (Lipinski definition) is 0. The second-order valence-electron chi connectivity index (χ2n) is 7.33. The SMILES string of the molecule is CCCC(C(=NC1CCCCC1)N1CCOCC1)N1CCOCC1. The van der Waals surface area contributed by atoms with E-state index in [1.165, 1.54) is 50.8 Å². The van der Waals surface area contributed by atoms with Crippen LogP contribution in [0.15, 0.2) is 4.99 Å². The van der Waals surface area contributed by atoms with Gasteiger partial charge in [0, 0.05) is 26.2 Å². The molecule has 0 aromatic carbocycles. The average Bonchev–Trinajstić information content (AvgIpc) is 2.67. The minimum atomic E-state index is 0.457. The van der Waals surface area contributed by atoms with E-state index in [-0.39, 0.29) is 0 Å². The Morgan fingerprint density at radius 2 is 1.58 bits per heavy atom. The van der Waals surface area contributed by atoms with Crippen LogP contribution in [0.4, 0.5) is 0 Å². The summed E-state index contributed by atoms with van der Waals surface area (Å²) in [6.45, 7) is 9.77. The van der Waals surface area contributed by atoms with Gasteiger partial charge in [0.05, 0.1) is 38.5 Å². The summed E-state index contributed by atoms with van der Waals surface area (Å²) in [5, 5.41) is 0. The Morgan fingerprint density at radius 3 is 2.21 bits per heavy atom. The Labute approximate surface area is 147 Å².